The third-order valence-corrected chi connectivity index (χ3v) is 7.71. The van der Waals surface area contributed by atoms with Gasteiger partial charge in [0.25, 0.3) is 0 Å². The highest BCUT2D eigenvalue weighted by Gasteiger charge is 2.36. The van der Waals surface area contributed by atoms with E-state index in [2.05, 4.69) is 31.0 Å². The average Bonchev–Trinajstić information content (AvgIpc) is 3.61. The van der Waals surface area contributed by atoms with Crippen LogP contribution in [0.4, 0.5) is 5.95 Å². The van der Waals surface area contributed by atoms with Crippen molar-refractivity contribution in [1.82, 2.24) is 30.4 Å². The summed E-state index contributed by atoms with van der Waals surface area (Å²) in [6.07, 6.45) is 0. The maximum absolute atomic E-state index is 13.1. The molecule has 0 saturated heterocycles. The molecule has 0 spiro atoms. The molecule has 0 amide bonds. The molecular weight excluding hydrogens is 514 g/mol. The lowest BCUT2D eigenvalue weighted by Gasteiger charge is -2.28. The van der Waals surface area contributed by atoms with E-state index in [0.717, 1.165) is 20.5 Å². The zero-order chi connectivity index (χ0) is 25.8. The summed E-state index contributed by atoms with van der Waals surface area (Å²) < 4.78 is 18.7. The Morgan fingerprint density at radius 3 is 2.70 bits per heavy atom. The molecule has 0 bridgehead atoms. The predicted octanol–water partition coefficient (Wildman–Crippen LogP) is 3.83. The highest BCUT2D eigenvalue weighted by atomic mass is 32.2. The van der Waals surface area contributed by atoms with Crippen LogP contribution in [0.3, 0.4) is 0 Å². The molecule has 0 fully saturated rings. The predicted molar refractivity (Wildman–Crippen MR) is 139 cm³/mol. The monoisotopic (exact) mass is 537 g/mol. The quantitative estimate of drug-likeness (QED) is 0.247. The number of ether oxygens (including phenoxy) is 3. The van der Waals surface area contributed by atoms with Crippen LogP contribution < -0.4 is 14.8 Å². The molecule has 3 heterocycles. The molecule has 1 aliphatic rings. The largest absolute Gasteiger partial charge is 0.493 e. The number of carbonyl (C=O) groups excluding carboxylic acids is 1. The lowest BCUT2D eigenvalue weighted by Crippen LogP contribution is -2.31. The first kappa shape index (κ1) is 24.7. The number of methoxy groups -OCH3 is 2. The summed E-state index contributed by atoms with van der Waals surface area (Å²) in [5.74, 6) is 1.44. The topological polar surface area (TPSA) is 126 Å². The van der Waals surface area contributed by atoms with E-state index in [9.17, 15) is 4.79 Å². The molecule has 2 aromatic carbocycles. The number of thioether (sulfide) groups is 1. The van der Waals surface area contributed by atoms with Crippen LogP contribution in [0.25, 0.3) is 10.6 Å². The van der Waals surface area contributed by atoms with E-state index in [1.54, 1.807) is 17.9 Å². The van der Waals surface area contributed by atoms with Crippen LogP contribution in [-0.4, -0.2) is 63.0 Å². The Hall–Kier alpha value is -3.97. The molecule has 1 N–H and O–H groups in total. The molecule has 1 aliphatic heterocycles. The summed E-state index contributed by atoms with van der Waals surface area (Å²) in [6, 6.07) is 14.7. The third-order valence-electron chi connectivity index (χ3n) is 5.57. The molecule has 37 heavy (non-hydrogen) atoms. The molecule has 1 unspecified atom stereocenters. The summed E-state index contributed by atoms with van der Waals surface area (Å²) in [7, 11) is 2.92. The van der Waals surface area contributed by atoms with Gasteiger partial charge in [0, 0.05) is 17.0 Å². The van der Waals surface area contributed by atoms with Gasteiger partial charge in [-0.25, -0.2) is 4.79 Å². The number of fused-ring (bicyclic) bond motifs is 1. The highest BCUT2D eigenvalue weighted by molar-refractivity contribution is 8.01. The van der Waals surface area contributed by atoms with Crippen molar-refractivity contribution < 1.29 is 19.0 Å². The zero-order valence-corrected chi connectivity index (χ0v) is 21.9. The van der Waals surface area contributed by atoms with Crippen molar-refractivity contribution in [2.24, 2.45) is 0 Å². The smallest absolute Gasteiger partial charge is 0.338 e. The van der Waals surface area contributed by atoms with Gasteiger partial charge < -0.3 is 19.5 Å². The number of anilines is 1. The SMILES string of the molecule is CCOc1ccc(C2C(C(=O)OC)=C(CSc3nnc(-c4ccccc4)s3)Nc3nnnn32)cc1OC. The van der Waals surface area contributed by atoms with Gasteiger partial charge in [-0.15, -0.1) is 10.2 Å². The van der Waals surface area contributed by atoms with Crippen LogP contribution in [0.1, 0.15) is 18.5 Å². The van der Waals surface area contributed by atoms with Crippen LogP contribution in [-0.2, 0) is 9.53 Å². The van der Waals surface area contributed by atoms with E-state index in [4.69, 9.17) is 14.2 Å². The Balaban J connectivity index is 1.50. The molecule has 13 heteroatoms. The van der Waals surface area contributed by atoms with E-state index in [-0.39, 0.29) is 0 Å². The number of rotatable bonds is 9. The second-order valence-corrected chi connectivity index (χ2v) is 9.93. The van der Waals surface area contributed by atoms with Crippen LogP contribution in [0, 0.1) is 0 Å². The van der Waals surface area contributed by atoms with E-state index in [1.165, 1.54) is 30.2 Å². The summed E-state index contributed by atoms with van der Waals surface area (Å²) in [4.78, 5) is 13.1. The van der Waals surface area contributed by atoms with Gasteiger partial charge in [-0.2, -0.15) is 4.68 Å². The van der Waals surface area contributed by atoms with Crippen molar-refractivity contribution in [3.05, 3.63) is 65.4 Å². The number of tetrazole rings is 1. The van der Waals surface area contributed by atoms with E-state index >= 15 is 0 Å². The van der Waals surface area contributed by atoms with Crippen LogP contribution in [0.15, 0.2) is 64.1 Å². The number of nitrogens with zero attached hydrogens (tertiary/aromatic N) is 6. The summed E-state index contributed by atoms with van der Waals surface area (Å²) in [5, 5.41) is 24.7. The first-order valence-electron chi connectivity index (χ1n) is 11.3. The van der Waals surface area contributed by atoms with Crippen molar-refractivity contribution in [3.8, 4) is 22.1 Å². The van der Waals surface area contributed by atoms with Crippen molar-refractivity contribution >= 4 is 35.0 Å². The van der Waals surface area contributed by atoms with Crippen LogP contribution in [0.2, 0.25) is 0 Å². The lowest BCUT2D eigenvalue weighted by atomic mass is 9.95. The Labute approximate surface area is 220 Å². The van der Waals surface area contributed by atoms with Crippen molar-refractivity contribution in [1.29, 1.82) is 0 Å². The Bertz CT molecular complexity index is 1440. The number of hydrogen-bond donors (Lipinski definition) is 1. The maximum Gasteiger partial charge on any atom is 0.338 e. The third kappa shape index (κ3) is 5.00. The molecule has 0 aliphatic carbocycles. The van der Waals surface area contributed by atoms with Gasteiger partial charge in [0.2, 0.25) is 5.95 Å². The molecular formula is C24H23N7O4S2. The number of esters is 1. The fourth-order valence-electron chi connectivity index (χ4n) is 3.93. The second kappa shape index (κ2) is 11.0. The van der Waals surface area contributed by atoms with Gasteiger partial charge in [0.1, 0.15) is 11.0 Å². The molecule has 190 valence electrons. The molecule has 0 radical (unpaired) electrons. The number of benzene rings is 2. The Morgan fingerprint density at radius 2 is 1.95 bits per heavy atom. The molecule has 4 aromatic rings. The van der Waals surface area contributed by atoms with Crippen molar-refractivity contribution in [2.45, 2.75) is 17.3 Å². The maximum atomic E-state index is 13.1. The highest BCUT2D eigenvalue weighted by Crippen LogP contribution is 2.40. The zero-order valence-electron chi connectivity index (χ0n) is 20.2. The van der Waals surface area contributed by atoms with Crippen molar-refractivity contribution in [2.75, 3.05) is 31.9 Å². The molecule has 0 saturated carbocycles. The van der Waals surface area contributed by atoms with Gasteiger partial charge in [-0.1, -0.05) is 64.6 Å². The van der Waals surface area contributed by atoms with E-state index < -0.39 is 12.0 Å². The van der Waals surface area contributed by atoms with Crippen LogP contribution >= 0.6 is 23.1 Å². The summed E-state index contributed by atoms with van der Waals surface area (Å²) in [6.45, 7) is 2.39. The van der Waals surface area contributed by atoms with Gasteiger partial charge in [-0.05, 0) is 35.0 Å². The Kier molecular flexibility index (Phi) is 7.32. The Morgan fingerprint density at radius 1 is 1.11 bits per heavy atom. The average molecular weight is 538 g/mol. The number of aromatic nitrogens is 6. The minimum Gasteiger partial charge on any atom is -0.493 e. The van der Waals surface area contributed by atoms with Gasteiger partial charge in [0.05, 0.1) is 26.4 Å². The molecule has 2 aromatic heterocycles. The minimum atomic E-state index is -0.645. The summed E-state index contributed by atoms with van der Waals surface area (Å²) >= 11 is 2.94. The van der Waals surface area contributed by atoms with Gasteiger partial charge in [0.15, 0.2) is 15.8 Å². The first-order valence-corrected chi connectivity index (χ1v) is 13.1. The van der Waals surface area contributed by atoms with E-state index in [0.29, 0.717) is 41.1 Å². The summed E-state index contributed by atoms with van der Waals surface area (Å²) in [5.41, 5.74) is 2.74. The molecule has 11 nitrogen and oxygen atoms in total. The lowest BCUT2D eigenvalue weighted by molar-refractivity contribution is -0.136. The second-order valence-electron chi connectivity index (χ2n) is 7.73. The normalized spacial score (nSPS) is 14.6. The number of carbonyl (C=O) groups is 1. The standard InChI is InChI=1S/C24H23N7O4S2/c1-4-35-17-11-10-15(12-18(17)33-2)20-19(22(32)34-3)16(25-23-27-29-30-31(20)23)13-36-24-28-26-21(37-24)14-8-6-5-7-9-14/h5-12,20H,4,13H2,1-3H3,(H,25,27,30). The fraction of sp³-hybridized carbons (Fsp3) is 0.250. The first-order chi connectivity index (χ1) is 18.1. The van der Waals surface area contributed by atoms with Crippen LogP contribution in [0.5, 0.6) is 11.5 Å². The van der Waals surface area contributed by atoms with Gasteiger partial charge in [-0.3, -0.25) is 0 Å². The molecule has 1 atom stereocenters. The fourth-order valence-corrected chi connectivity index (χ4v) is 5.76. The number of hydrogen-bond acceptors (Lipinski definition) is 12. The van der Waals surface area contributed by atoms with E-state index in [1.807, 2.05) is 49.4 Å². The molecule has 5 rings (SSSR count). The van der Waals surface area contributed by atoms with Gasteiger partial charge >= 0.3 is 5.97 Å². The minimum absolute atomic E-state index is 0.383. The van der Waals surface area contributed by atoms with Crippen molar-refractivity contribution in [3.63, 3.8) is 0 Å². The number of nitrogens with one attached hydrogen (secondary N) is 1.